The molecule has 0 bridgehead atoms. The van der Waals surface area contributed by atoms with E-state index in [1.165, 1.54) is 6.92 Å². The van der Waals surface area contributed by atoms with Gasteiger partial charge in [0.05, 0.1) is 6.04 Å². The zero-order chi connectivity index (χ0) is 11.8. The van der Waals surface area contributed by atoms with Gasteiger partial charge in [-0.1, -0.05) is 0 Å². The molecule has 0 aromatic carbocycles. The van der Waals surface area contributed by atoms with E-state index in [-0.39, 0.29) is 24.8 Å². The van der Waals surface area contributed by atoms with Crippen molar-refractivity contribution in [1.29, 1.82) is 0 Å². The van der Waals surface area contributed by atoms with Gasteiger partial charge in [-0.3, -0.25) is 9.59 Å². The summed E-state index contributed by atoms with van der Waals surface area (Å²) in [5.74, 6) is -0.709. The van der Waals surface area contributed by atoms with Crippen molar-refractivity contribution in [1.82, 2.24) is 10.6 Å². The highest BCUT2D eigenvalue weighted by atomic mass is 16.2. The molecule has 0 saturated heterocycles. The molecule has 0 aliphatic rings. The first-order valence-electron chi connectivity index (χ1n) is 4.76. The molecule has 15 heavy (non-hydrogen) atoms. The zero-order valence-corrected chi connectivity index (χ0v) is 8.95. The summed E-state index contributed by atoms with van der Waals surface area (Å²) in [5, 5.41) is 4.94. The SMILES string of the molecule is CC(N)C(=O)NC(C)C(=O)NCCC=O. The maximum Gasteiger partial charge on any atom is 0.242 e. The van der Waals surface area contributed by atoms with Gasteiger partial charge in [-0.15, -0.1) is 0 Å². The van der Waals surface area contributed by atoms with Crippen LogP contribution < -0.4 is 16.4 Å². The number of aldehydes is 1. The molecule has 6 heteroatoms. The summed E-state index contributed by atoms with van der Waals surface area (Å²) in [6, 6.07) is -1.29. The number of amides is 2. The third-order valence-electron chi connectivity index (χ3n) is 1.73. The lowest BCUT2D eigenvalue weighted by atomic mass is 10.2. The number of nitrogens with one attached hydrogen (secondary N) is 2. The van der Waals surface area contributed by atoms with Crippen molar-refractivity contribution in [3.8, 4) is 0 Å². The minimum absolute atomic E-state index is 0.264. The van der Waals surface area contributed by atoms with Crippen LogP contribution in [-0.4, -0.2) is 36.7 Å². The lowest BCUT2D eigenvalue weighted by Gasteiger charge is -2.14. The maximum atomic E-state index is 11.3. The average molecular weight is 215 g/mol. The number of nitrogens with two attached hydrogens (primary N) is 1. The molecule has 0 rings (SSSR count). The second-order valence-electron chi connectivity index (χ2n) is 3.27. The fraction of sp³-hybridized carbons (Fsp3) is 0.667. The zero-order valence-electron chi connectivity index (χ0n) is 8.95. The fourth-order valence-electron chi connectivity index (χ4n) is 0.818. The topological polar surface area (TPSA) is 101 Å². The van der Waals surface area contributed by atoms with Gasteiger partial charge < -0.3 is 21.2 Å². The molecular weight excluding hydrogens is 198 g/mol. The van der Waals surface area contributed by atoms with Crippen LogP contribution >= 0.6 is 0 Å². The Morgan fingerprint density at radius 3 is 2.40 bits per heavy atom. The van der Waals surface area contributed by atoms with Crippen LogP contribution in [0.4, 0.5) is 0 Å². The molecule has 4 N–H and O–H groups in total. The van der Waals surface area contributed by atoms with Crippen LogP contribution in [-0.2, 0) is 14.4 Å². The van der Waals surface area contributed by atoms with Crippen LogP contribution in [0.1, 0.15) is 20.3 Å². The van der Waals surface area contributed by atoms with Gasteiger partial charge in [0.1, 0.15) is 12.3 Å². The molecule has 6 nitrogen and oxygen atoms in total. The molecule has 0 aliphatic heterocycles. The first-order valence-corrected chi connectivity index (χ1v) is 4.76. The van der Waals surface area contributed by atoms with Gasteiger partial charge >= 0.3 is 0 Å². The van der Waals surface area contributed by atoms with E-state index in [1.807, 2.05) is 0 Å². The van der Waals surface area contributed by atoms with Crippen molar-refractivity contribution in [3.63, 3.8) is 0 Å². The first-order chi connectivity index (χ1) is 6.99. The number of carbonyl (C=O) groups is 3. The summed E-state index contributed by atoms with van der Waals surface area (Å²) in [4.78, 5) is 32.4. The fourth-order valence-corrected chi connectivity index (χ4v) is 0.818. The van der Waals surface area contributed by atoms with E-state index < -0.39 is 12.1 Å². The highest BCUT2D eigenvalue weighted by Crippen LogP contribution is 1.85. The van der Waals surface area contributed by atoms with E-state index in [9.17, 15) is 14.4 Å². The number of carbonyl (C=O) groups excluding carboxylic acids is 3. The molecule has 0 spiro atoms. The number of hydrogen-bond acceptors (Lipinski definition) is 4. The van der Waals surface area contributed by atoms with Crippen molar-refractivity contribution < 1.29 is 14.4 Å². The van der Waals surface area contributed by atoms with Crippen molar-refractivity contribution in [2.24, 2.45) is 5.73 Å². The van der Waals surface area contributed by atoms with Crippen molar-refractivity contribution in [2.45, 2.75) is 32.4 Å². The minimum Gasteiger partial charge on any atom is -0.354 e. The third kappa shape index (κ3) is 5.79. The molecule has 0 heterocycles. The van der Waals surface area contributed by atoms with Gasteiger partial charge in [0.2, 0.25) is 11.8 Å². The van der Waals surface area contributed by atoms with Gasteiger partial charge in [0.25, 0.3) is 0 Å². The van der Waals surface area contributed by atoms with Gasteiger partial charge in [0, 0.05) is 13.0 Å². The van der Waals surface area contributed by atoms with E-state index in [1.54, 1.807) is 6.92 Å². The molecule has 2 unspecified atom stereocenters. The van der Waals surface area contributed by atoms with E-state index in [4.69, 9.17) is 5.73 Å². The molecule has 0 aromatic rings. The molecule has 2 atom stereocenters. The maximum absolute atomic E-state index is 11.3. The van der Waals surface area contributed by atoms with Crippen LogP contribution in [0, 0.1) is 0 Å². The van der Waals surface area contributed by atoms with E-state index in [0.717, 1.165) is 0 Å². The van der Waals surface area contributed by atoms with Gasteiger partial charge in [-0.05, 0) is 13.8 Å². The Hall–Kier alpha value is -1.43. The van der Waals surface area contributed by atoms with Crippen LogP contribution in [0.2, 0.25) is 0 Å². The summed E-state index contributed by atoms with van der Waals surface area (Å²) in [6.07, 6.45) is 0.977. The van der Waals surface area contributed by atoms with Gasteiger partial charge in [-0.25, -0.2) is 0 Å². The first kappa shape index (κ1) is 13.6. The Morgan fingerprint density at radius 2 is 1.93 bits per heavy atom. The summed E-state index contributed by atoms with van der Waals surface area (Å²) in [6.45, 7) is 3.36. The molecule has 0 aromatic heterocycles. The Bertz CT molecular complexity index is 241. The van der Waals surface area contributed by atoms with E-state index >= 15 is 0 Å². The highest BCUT2D eigenvalue weighted by Gasteiger charge is 2.16. The third-order valence-corrected chi connectivity index (χ3v) is 1.73. The largest absolute Gasteiger partial charge is 0.354 e. The van der Waals surface area contributed by atoms with Crippen molar-refractivity contribution in [2.75, 3.05) is 6.54 Å². The van der Waals surface area contributed by atoms with Crippen molar-refractivity contribution >= 4 is 18.1 Å². The van der Waals surface area contributed by atoms with Gasteiger partial charge in [-0.2, -0.15) is 0 Å². The van der Waals surface area contributed by atoms with Gasteiger partial charge in [0.15, 0.2) is 0 Å². The second kappa shape index (κ2) is 6.94. The quantitative estimate of drug-likeness (QED) is 0.372. The summed E-state index contributed by atoms with van der Waals surface area (Å²) in [7, 11) is 0. The molecule has 2 amide bonds. The summed E-state index contributed by atoms with van der Waals surface area (Å²) in [5.41, 5.74) is 5.32. The standard InChI is InChI=1S/C9H17N3O3/c1-6(10)8(14)12-7(2)9(15)11-4-3-5-13/h5-7H,3-4,10H2,1-2H3,(H,11,15)(H,12,14). The number of hydrogen-bond donors (Lipinski definition) is 3. The predicted molar refractivity (Wildman–Crippen MR) is 54.9 cm³/mol. The Labute approximate surface area is 88.6 Å². The minimum atomic E-state index is -0.643. The van der Waals surface area contributed by atoms with E-state index in [0.29, 0.717) is 6.29 Å². The van der Waals surface area contributed by atoms with Crippen LogP contribution in [0.3, 0.4) is 0 Å². The Balaban J connectivity index is 3.88. The molecule has 0 aliphatic carbocycles. The lowest BCUT2D eigenvalue weighted by Crippen LogP contribution is -2.49. The molecular formula is C9H17N3O3. The highest BCUT2D eigenvalue weighted by molar-refractivity contribution is 5.89. The second-order valence-corrected chi connectivity index (χ2v) is 3.27. The predicted octanol–water partition coefficient (Wildman–Crippen LogP) is -1.46. The molecule has 0 radical (unpaired) electrons. The van der Waals surface area contributed by atoms with E-state index in [2.05, 4.69) is 10.6 Å². The monoisotopic (exact) mass is 215 g/mol. The summed E-state index contributed by atoms with van der Waals surface area (Å²) >= 11 is 0. The molecule has 86 valence electrons. The summed E-state index contributed by atoms with van der Waals surface area (Å²) < 4.78 is 0. The lowest BCUT2D eigenvalue weighted by molar-refractivity contribution is -0.129. The van der Waals surface area contributed by atoms with Crippen LogP contribution in [0.5, 0.6) is 0 Å². The Kier molecular flexibility index (Phi) is 6.28. The van der Waals surface area contributed by atoms with Crippen LogP contribution in [0.15, 0.2) is 0 Å². The van der Waals surface area contributed by atoms with Crippen LogP contribution in [0.25, 0.3) is 0 Å². The van der Waals surface area contributed by atoms with Crippen molar-refractivity contribution in [3.05, 3.63) is 0 Å². The Morgan fingerprint density at radius 1 is 1.33 bits per heavy atom. The molecule has 0 saturated carbocycles. The normalized spacial score (nSPS) is 13.8. The molecule has 0 fully saturated rings. The average Bonchev–Trinajstić information content (AvgIpc) is 2.17. The number of rotatable bonds is 6. The smallest absolute Gasteiger partial charge is 0.242 e.